The highest BCUT2D eigenvalue weighted by molar-refractivity contribution is 5.49. The molecule has 1 fully saturated rings. The molecule has 0 bridgehead atoms. The number of anilines is 1. The second-order valence-electron chi connectivity index (χ2n) is 3.95. The molecular formula is C14H18N2O. The van der Waals surface area contributed by atoms with Crippen molar-refractivity contribution in [2.24, 2.45) is 0 Å². The summed E-state index contributed by atoms with van der Waals surface area (Å²) in [5, 5.41) is 3.35. The Morgan fingerprint density at radius 3 is 2.59 bits per heavy atom. The Morgan fingerprint density at radius 1 is 1.24 bits per heavy atom. The van der Waals surface area contributed by atoms with Crippen molar-refractivity contribution in [3.63, 3.8) is 0 Å². The SMILES string of the molecule is CC#CCOc1ccc(N2CCNCC2)cc1. The van der Waals surface area contributed by atoms with E-state index in [0.29, 0.717) is 6.61 Å². The highest BCUT2D eigenvalue weighted by atomic mass is 16.5. The zero-order valence-corrected chi connectivity index (χ0v) is 10.2. The maximum Gasteiger partial charge on any atom is 0.149 e. The number of benzene rings is 1. The number of ether oxygens (including phenoxy) is 1. The topological polar surface area (TPSA) is 24.5 Å². The van der Waals surface area contributed by atoms with Crippen molar-refractivity contribution in [1.29, 1.82) is 0 Å². The zero-order valence-electron chi connectivity index (χ0n) is 10.2. The highest BCUT2D eigenvalue weighted by Crippen LogP contribution is 2.19. The molecule has 0 atom stereocenters. The van der Waals surface area contributed by atoms with Crippen LogP contribution in [0.4, 0.5) is 5.69 Å². The molecule has 1 heterocycles. The maximum atomic E-state index is 5.48. The average molecular weight is 230 g/mol. The predicted octanol–water partition coefficient (Wildman–Crippen LogP) is 1.50. The van der Waals surface area contributed by atoms with Gasteiger partial charge >= 0.3 is 0 Å². The van der Waals surface area contributed by atoms with Crippen molar-refractivity contribution in [1.82, 2.24) is 5.32 Å². The fourth-order valence-corrected chi connectivity index (χ4v) is 1.87. The fraction of sp³-hybridized carbons (Fsp3) is 0.429. The van der Waals surface area contributed by atoms with Crippen molar-refractivity contribution >= 4 is 5.69 Å². The Kier molecular flexibility index (Phi) is 4.29. The minimum atomic E-state index is 0.462. The Labute approximate surface area is 103 Å². The van der Waals surface area contributed by atoms with Crippen LogP contribution >= 0.6 is 0 Å². The van der Waals surface area contributed by atoms with E-state index in [9.17, 15) is 0 Å². The van der Waals surface area contributed by atoms with Gasteiger partial charge in [0, 0.05) is 31.9 Å². The second-order valence-corrected chi connectivity index (χ2v) is 3.95. The normalized spacial score (nSPS) is 15.0. The molecule has 0 spiro atoms. The van der Waals surface area contributed by atoms with E-state index in [1.807, 2.05) is 19.1 Å². The molecule has 0 aliphatic carbocycles. The lowest BCUT2D eigenvalue weighted by Crippen LogP contribution is -2.43. The quantitative estimate of drug-likeness (QED) is 0.796. The van der Waals surface area contributed by atoms with Gasteiger partial charge < -0.3 is 15.0 Å². The first kappa shape index (κ1) is 11.8. The molecule has 0 saturated carbocycles. The van der Waals surface area contributed by atoms with Crippen LogP contribution in [0, 0.1) is 11.8 Å². The molecule has 1 aromatic rings. The number of nitrogens with one attached hydrogen (secondary N) is 1. The molecule has 3 heteroatoms. The summed E-state index contributed by atoms with van der Waals surface area (Å²) in [6.07, 6.45) is 0. The van der Waals surface area contributed by atoms with E-state index in [-0.39, 0.29) is 0 Å². The molecule has 90 valence electrons. The molecule has 0 radical (unpaired) electrons. The van der Waals surface area contributed by atoms with Crippen LogP contribution in [0.25, 0.3) is 0 Å². The Balaban J connectivity index is 1.93. The molecule has 0 aromatic heterocycles. The highest BCUT2D eigenvalue weighted by Gasteiger charge is 2.09. The largest absolute Gasteiger partial charge is 0.481 e. The molecule has 1 aliphatic rings. The third-order valence-corrected chi connectivity index (χ3v) is 2.81. The van der Waals surface area contributed by atoms with E-state index in [1.54, 1.807) is 0 Å². The van der Waals surface area contributed by atoms with Crippen molar-refractivity contribution in [3.05, 3.63) is 24.3 Å². The second kappa shape index (κ2) is 6.17. The van der Waals surface area contributed by atoms with Crippen LogP contribution in [0.2, 0.25) is 0 Å². The Bertz CT molecular complexity index is 396. The molecule has 1 aromatic carbocycles. The number of piperazine rings is 1. The monoisotopic (exact) mass is 230 g/mol. The number of rotatable bonds is 3. The van der Waals surface area contributed by atoms with Gasteiger partial charge in [-0.2, -0.15) is 0 Å². The first-order valence-corrected chi connectivity index (χ1v) is 5.98. The van der Waals surface area contributed by atoms with Crippen molar-refractivity contribution in [2.75, 3.05) is 37.7 Å². The van der Waals surface area contributed by atoms with Crippen LogP contribution in [0.3, 0.4) is 0 Å². The lowest BCUT2D eigenvalue weighted by molar-refractivity contribution is 0.370. The molecule has 1 N–H and O–H groups in total. The number of nitrogens with zero attached hydrogens (tertiary/aromatic N) is 1. The van der Waals surface area contributed by atoms with E-state index < -0.39 is 0 Å². The fourth-order valence-electron chi connectivity index (χ4n) is 1.87. The average Bonchev–Trinajstić information content (AvgIpc) is 2.41. The zero-order chi connectivity index (χ0) is 11.9. The Hall–Kier alpha value is -1.66. The smallest absolute Gasteiger partial charge is 0.149 e. The van der Waals surface area contributed by atoms with Crippen LogP contribution in [0.15, 0.2) is 24.3 Å². The van der Waals surface area contributed by atoms with Gasteiger partial charge in [-0.25, -0.2) is 0 Å². The van der Waals surface area contributed by atoms with Gasteiger partial charge in [0.25, 0.3) is 0 Å². The van der Waals surface area contributed by atoms with Gasteiger partial charge in [-0.05, 0) is 31.2 Å². The number of hydrogen-bond donors (Lipinski definition) is 1. The molecular weight excluding hydrogens is 212 g/mol. The van der Waals surface area contributed by atoms with E-state index in [1.165, 1.54) is 5.69 Å². The summed E-state index contributed by atoms with van der Waals surface area (Å²) in [7, 11) is 0. The third kappa shape index (κ3) is 3.40. The maximum absolute atomic E-state index is 5.48. The summed E-state index contributed by atoms with van der Waals surface area (Å²) in [4.78, 5) is 2.38. The van der Waals surface area contributed by atoms with Gasteiger partial charge in [-0.3, -0.25) is 0 Å². The molecule has 17 heavy (non-hydrogen) atoms. The van der Waals surface area contributed by atoms with Crippen LogP contribution in [0.5, 0.6) is 5.75 Å². The van der Waals surface area contributed by atoms with Crippen LogP contribution in [-0.4, -0.2) is 32.8 Å². The minimum absolute atomic E-state index is 0.462. The summed E-state index contributed by atoms with van der Waals surface area (Å²) < 4.78 is 5.48. The van der Waals surface area contributed by atoms with Crippen molar-refractivity contribution in [3.8, 4) is 17.6 Å². The van der Waals surface area contributed by atoms with Crippen molar-refractivity contribution < 1.29 is 4.74 Å². The van der Waals surface area contributed by atoms with E-state index in [4.69, 9.17) is 4.74 Å². The summed E-state index contributed by atoms with van der Waals surface area (Å²) in [5.41, 5.74) is 1.26. The summed E-state index contributed by atoms with van der Waals surface area (Å²) in [6.45, 7) is 6.54. The van der Waals surface area contributed by atoms with Gasteiger partial charge in [0.15, 0.2) is 0 Å². The summed E-state index contributed by atoms with van der Waals surface area (Å²) >= 11 is 0. The van der Waals surface area contributed by atoms with Gasteiger partial charge in [-0.15, -0.1) is 5.92 Å². The molecule has 0 unspecified atom stereocenters. The standard InChI is InChI=1S/C14H18N2O/c1-2-3-12-17-14-6-4-13(5-7-14)16-10-8-15-9-11-16/h4-7,15H,8-12H2,1H3. The lowest BCUT2D eigenvalue weighted by atomic mass is 10.2. The molecule has 1 saturated heterocycles. The van der Waals surface area contributed by atoms with E-state index in [2.05, 4.69) is 34.2 Å². The van der Waals surface area contributed by atoms with Gasteiger partial charge in [-0.1, -0.05) is 5.92 Å². The van der Waals surface area contributed by atoms with Crippen LogP contribution in [0.1, 0.15) is 6.92 Å². The molecule has 1 aliphatic heterocycles. The minimum Gasteiger partial charge on any atom is -0.481 e. The lowest BCUT2D eigenvalue weighted by Gasteiger charge is -2.29. The Morgan fingerprint density at radius 2 is 1.94 bits per heavy atom. The first-order chi connectivity index (χ1) is 8.40. The predicted molar refractivity (Wildman–Crippen MR) is 70.5 cm³/mol. The van der Waals surface area contributed by atoms with Crippen LogP contribution < -0.4 is 15.0 Å². The molecule has 3 nitrogen and oxygen atoms in total. The van der Waals surface area contributed by atoms with Crippen molar-refractivity contribution in [2.45, 2.75) is 6.92 Å². The van der Waals surface area contributed by atoms with Crippen LogP contribution in [-0.2, 0) is 0 Å². The molecule has 2 rings (SSSR count). The van der Waals surface area contributed by atoms with E-state index in [0.717, 1.165) is 31.9 Å². The van der Waals surface area contributed by atoms with Gasteiger partial charge in [0.05, 0.1) is 0 Å². The van der Waals surface area contributed by atoms with Gasteiger partial charge in [0.2, 0.25) is 0 Å². The van der Waals surface area contributed by atoms with E-state index >= 15 is 0 Å². The summed E-state index contributed by atoms with van der Waals surface area (Å²) in [6, 6.07) is 8.24. The first-order valence-electron chi connectivity index (χ1n) is 5.98. The number of hydrogen-bond acceptors (Lipinski definition) is 3. The third-order valence-electron chi connectivity index (χ3n) is 2.81. The molecule has 0 amide bonds. The summed E-state index contributed by atoms with van der Waals surface area (Å²) in [5.74, 6) is 6.58. The van der Waals surface area contributed by atoms with Gasteiger partial charge in [0.1, 0.15) is 12.4 Å².